The van der Waals surface area contributed by atoms with E-state index in [-0.39, 0.29) is 5.56 Å². The standard InChI is InChI=1S/C14H22N2O2/c1-3-5-8-11(7-4-2)16-13-12(14(17)18)9-6-10-15-13/h6,9-11H,3-5,7-8H2,1-2H3,(H,15,16)(H,17,18). The van der Waals surface area contributed by atoms with Gasteiger partial charge < -0.3 is 10.4 Å². The van der Waals surface area contributed by atoms with Crippen LogP contribution in [-0.4, -0.2) is 22.1 Å². The van der Waals surface area contributed by atoms with Crippen molar-refractivity contribution < 1.29 is 9.90 Å². The second-order valence-electron chi connectivity index (χ2n) is 4.48. The summed E-state index contributed by atoms with van der Waals surface area (Å²) in [6, 6.07) is 3.54. The number of rotatable bonds is 8. The van der Waals surface area contributed by atoms with E-state index >= 15 is 0 Å². The van der Waals surface area contributed by atoms with Crippen molar-refractivity contribution in [2.24, 2.45) is 0 Å². The van der Waals surface area contributed by atoms with Crippen molar-refractivity contribution in [1.82, 2.24) is 4.98 Å². The summed E-state index contributed by atoms with van der Waals surface area (Å²) in [5.74, 6) is -0.448. The topological polar surface area (TPSA) is 62.2 Å². The molecule has 1 heterocycles. The molecule has 1 atom stereocenters. The molecule has 100 valence electrons. The maximum atomic E-state index is 11.1. The van der Waals surface area contributed by atoms with Crippen LogP contribution < -0.4 is 5.32 Å². The van der Waals surface area contributed by atoms with Crippen LogP contribution in [0.2, 0.25) is 0 Å². The van der Waals surface area contributed by atoms with E-state index in [1.165, 1.54) is 0 Å². The molecule has 0 saturated carbocycles. The van der Waals surface area contributed by atoms with Gasteiger partial charge in [-0.2, -0.15) is 0 Å². The second-order valence-corrected chi connectivity index (χ2v) is 4.48. The molecule has 2 N–H and O–H groups in total. The van der Waals surface area contributed by atoms with E-state index in [9.17, 15) is 4.79 Å². The number of unbranched alkanes of at least 4 members (excludes halogenated alkanes) is 1. The summed E-state index contributed by atoms with van der Waals surface area (Å²) in [6.45, 7) is 4.30. The zero-order valence-electron chi connectivity index (χ0n) is 11.1. The number of carboxylic acids is 1. The zero-order chi connectivity index (χ0) is 13.4. The molecule has 0 aliphatic carbocycles. The average Bonchev–Trinajstić information content (AvgIpc) is 2.36. The molecule has 4 heteroatoms. The van der Waals surface area contributed by atoms with Gasteiger partial charge in [-0.1, -0.05) is 33.1 Å². The first-order chi connectivity index (χ1) is 8.69. The minimum absolute atomic E-state index is 0.245. The molecular formula is C14H22N2O2. The molecule has 1 aromatic heterocycles. The van der Waals surface area contributed by atoms with Gasteiger partial charge in [0, 0.05) is 12.2 Å². The molecule has 1 unspecified atom stereocenters. The summed E-state index contributed by atoms with van der Waals surface area (Å²) in [6.07, 6.45) is 7.09. The van der Waals surface area contributed by atoms with Gasteiger partial charge in [-0.05, 0) is 25.0 Å². The number of carbonyl (C=O) groups is 1. The third-order valence-electron chi connectivity index (χ3n) is 2.92. The van der Waals surface area contributed by atoms with Gasteiger partial charge in [0.05, 0.1) is 0 Å². The Morgan fingerprint density at radius 2 is 2.17 bits per heavy atom. The minimum atomic E-state index is -0.934. The SMILES string of the molecule is CCCCC(CCC)Nc1ncccc1C(=O)O. The molecule has 0 aliphatic heterocycles. The zero-order valence-corrected chi connectivity index (χ0v) is 11.1. The summed E-state index contributed by atoms with van der Waals surface area (Å²) >= 11 is 0. The number of nitrogens with one attached hydrogen (secondary N) is 1. The predicted octanol–water partition coefficient (Wildman–Crippen LogP) is 3.55. The van der Waals surface area contributed by atoms with E-state index in [1.807, 2.05) is 0 Å². The van der Waals surface area contributed by atoms with Crippen LogP contribution in [0.1, 0.15) is 56.3 Å². The van der Waals surface area contributed by atoms with Gasteiger partial charge in [0.25, 0.3) is 0 Å². The van der Waals surface area contributed by atoms with Crippen molar-refractivity contribution in [3.05, 3.63) is 23.9 Å². The van der Waals surface area contributed by atoms with Crippen molar-refractivity contribution in [1.29, 1.82) is 0 Å². The fourth-order valence-corrected chi connectivity index (χ4v) is 1.97. The predicted molar refractivity (Wildman–Crippen MR) is 73.0 cm³/mol. The van der Waals surface area contributed by atoms with E-state index in [1.54, 1.807) is 18.3 Å². The lowest BCUT2D eigenvalue weighted by molar-refractivity contribution is 0.0697. The quantitative estimate of drug-likeness (QED) is 0.740. The van der Waals surface area contributed by atoms with E-state index < -0.39 is 5.97 Å². The molecule has 18 heavy (non-hydrogen) atoms. The van der Waals surface area contributed by atoms with Gasteiger partial charge in [-0.25, -0.2) is 9.78 Å². The monoisotopic (exact) mass is 250 g/mol. The summed E-state index contributed by atoms with van der Waals surface area (Å²) in [5, 5.41) is 12.4. The Morgan fingerprint density at radius 3 is 2.78 bits per heavy atom. The molecule has 0 amide bonds. The van der Waals surface area contributed by atoms with E-state index in [0.717, 1.165) is 32.1 Å². The van der Waals surface area contributed by atoms with Gasteiger partial charge >= 0.3 is 5.97 Å². The summed E-state index contributed by atoms with van der Waals surface area (Å²) in [4.78, 5) is 15.2. The van der Waals surface area contributed by atoms with E-state index in [4.69, 9.17) is 5.11 Å². The van der Waals surface area contributed by atoms with Crippen LogP contribution >= 0.6 is 0 Å². The molecule has 0 fully saturated rings. The Bertz CT molecular complexity index is 380. The van der Waals surface area contributed by atoms with Crippen molar-refractivity contribution in [2.75, 3.05) is 5.32 Å². The molecule has 0 bridgehead atoms. The van der Waals surface area contributed by atoms with Gasteiger partial charge in [-0.15, -0.1) is 0 Å². The lowest BCUT2D eigenvalue weighted by Gasteiger charge is -2.19. The van der Waals surface area contributed by atoms with Crippen LogP contribution in [0.4, 0.5) is 5.82 Å². The molecule has 0 aromatic carbocycles. The summed E-state index contributed by atoms with van der Waals surface area (Å²) in [7, 11) is 0. The number of carboxylic acid groups (broad SMARTS) is 1. The number of aromatic carboxylic acids is 1. The number of hydrogen-bond acceptors (Lipinski definition) is 3. The number of pyridine rings is 1. The van der Waals surface area contributed by atoms with Crippen LogP contribution in [0.3, 0.4) is 0 Å². The highest BCUT2D eigenvalue weighted by Gasteiger charge is 2.14. The maximum absolute atomic E-state index is 11.1. The number of hydrogen-bond donors (Lipinski definition) is 2. The first-order valence-corrected chi connectivity index (χ1v) is 6.63. The third kappa shape index (κ3) is 4.35. The van der Waals surface area contributed by atoms with Crippen molar-refractivity contribution in [3.8, 4) is 0 Å². The van der Waals surface area contributed by atoms with E-state index in [0.29, 0.717) is 11.9 Å². The lowest BCUT2D eigenvalue weighted by atomic mass is 10.0. The van der Waals surface area contributed by atoms with Crippen molar-refractivity contribution in [3.63, 3.8) is 0 Å². The van der Waals surface area contributed by atoms with Crippen molar-refractivity contribution >= 4 is 11.8 Å². The van der Waals surface area contributed by atoms with Gasteiger partial charge in [-0.3, -0.25) is 0 Å². The Kier molecular flexibility index (Phi) is 6.19. The normalized spacial score (nSPS) is 12.1. The van der Waals surface area contributed by atoms with Crippen LogP contribution in [0.25, 0.3) is 0 Å². The Balaban J connectivity index is 2.76. The highest BCUT2D eigenvalue weighted by molar-refractivity contribution is 5.93. The Morgan fingerprint density at radius 1 is 1.39 bits per heavy atom. The van der Waals surface area contributed by atoms with Crippen molar-refractivity contribution in [2.45, 2.75) is 52.0 Å². The number of aromatic nitrogens is 1. The van der Waals surface area contributed by atoms with Gasteiger partial charge in [0.2, 0.25) is 0 Å². The first-order valence-electron chi connectivity index (χ1n) is 6.63. The van der Waals surface area contributed by atoms with Gasteiger partial charge in [0.1, 0.15) is 11.4 Å². The third-order valence-corrected chi connectivity index (χ3v) is 2.92. The average molecular weight is 250 g/mol. The molecule has 0 aliphatic rings. The molecule has 0 saturated heterocycles. The van der Waals surface area contributed by atoms with Crippen LogP contribution in [-0.2, 0) is 0 Å². The summed E-state index contributed by atoms with van der Waals surface area (Å²) < 4.78 is 0. The fraction of sp³-hybridized carbons (Fsp3) is 0.571. The molecular weight excluding hydrogens is 228 g/mol. The Hall–Kier alpha value is -1.58. The van der Waals surface area contributed by atoms with E-state index in [2.05, 4.69) is 24.1 Å². The second kappa shape index (κ2) is 7.69. The van der Waals surface area contributed by atoms with Crippen LogP contribution in [0, 0.1) is 0 Å². The number of anilines is 1. The minimum Gasteiger partial charge on any atom is -0.478 e. The largest absolute Gasteiger partial charge is 0.478 e. The number of nitrogens with zero attached hydrogens (tertiary/aromatic N) is 1. The molecule has 1 aromatic rings. The maximum Gasteiger partial charge on any atom is 0.339 e. The van der Waals surface area contributed by atoms with Crippen LogP contribution in [0.15, 0.2) is 18.3 Å². The fourth-order valence-electron chi connectivity index (χ4n) is 1.97. The summed E-state index contributed by atoms with van der Waals surface area (Å²) in [5.41, 5.74) is 0.245. The highest BCUT2D eigenvalue weighted by atomic mass is 16.4. The molecule has 1 rings (SSSR count). The molecule has 4 nitrogen and oxygen atoms in total. The van der Waals surface area contributed by atoms with Gasteiger partial charge in [0.15, 0.2) is 0 Å². The highest BCUT2D eigenvalue weighted by Crippen LogP contribution is 2.17. The lowest BCUT2D eigenvalue weighted by Crippen LogP contribution is -2.21. The van der Waals surface area contributed by atoms with Crippen LogP contribution in [0.5, 0.6) is 0 Å². The Labute approximate surface area is 108 Å². The first kappa shape index (κ1) is 14.5. The molecule has 0 spiro atoms. The molecule has 0 radical (unpaired) electrons. The smallest absolute Gasteiger partial charge is 0.339 e.